The third-order valence-electron chi connectivity index (χ3n) is 3.12. The zero-order valence-corrected chi connectivity index (χ0v) is 14.8. The van der Waals surface area contributed by atoms with Crippen LogP contribution in [0.4, 0.5) is 5.69 Å². The molecule has 1 atom stereocenters. The second kappa shape index (κ2) is 10.6. The molecule has 0 aliphatic rings. The van der Waals surface area contributed by atoms with Crippen LogP contribution in [-0.4, -0.2) is 37.0 Å². The molecule has 0 bridgehead atoms. The number of benzene rings is 1. The molecule has 134 valence electrons. The first-order valence-corrected chi connectivity index (χ1v) is 7.45. The molecular formula is C16H24ClN3O4. The van der Waals surface area contributed by atoms with Crippen molar-refractivity contribution < 1.29 is 19.1 Å². The molecule has 0 radical (unpaired) electrons. The average Bonchev–Trinajstić information content (AvgIpc) is 2.52. The molecule has 1 aromatic carbocycles. The van der Waals surface area contributed by atoms with Gasteiger partial charge in [0.25, 0.3) is 0 Å². The number of hydrogen-bond donors (Lipinski definition) is 3. The van der Waals surface area contributed by atoms with Crippen LogP contribution in [0.25, 0.3) is 0 Å². The Morgan fingerprint density at radius 1 is 1.17 bits per heavy atom. The molecule has 0 heterocycles. The predicted molar refractivity (Wildman–Crippen MR) is 94.1 cm³/mol. The molecule has 0 unspecified atom stereocenters. The average molecular weight is 358 g/mol. The van der Waals surface area contributed by atoms with Crippen LogP contribution in [0.2, 0.25) is 0 Å². The number of nitrogens with one attached hydrogen (secondary N) is 2. The Morgan fingerprint density at radius 3 is 2.25 bits per heavy atom. The number of rotatable bonds is 7. The summed E-state index contributed by atoms with van der Waals surface area (Å²) in [4.78, 5) is 34.9. The molecule has 8 heteroatoms. The molecule has 0 saturated carbocycles. The summed E-state index contributed by atoms with van der Waals surface area (Å²) in [6, 6.07) is 5.64. The van der Waals surface area contributed by atoms with Crippen LogP contribution in [0.15, 0.2) is 24.3 Å². The van der Waals surface area contributed by atoms with Gasteiger partial charge in [-0.25, -0.2) is 4.79 Å². The number of nitrogens with two attached hydrogens (primary N) is 1. The van der Waals surface area contributed by atoms with Crippen LogP contribution in [0, 0.1) is 5.92 Å². The maximum Gasteiger partial charge on any atom is 0.338 e. The molecule has 7 nitrogen and oxygen atoms in total. The molecule has 0 aliphatic heterocycles. The number of anilines is 1. The van der Waals surface area contributed by atoms with E-state index in [-0.39, 0.29) is 36.7 Å². The van der Waals surface area contributed by atoms with Crippen molar-refractivity contribution in [2.75, 3.05) is 18.5 Å². The molecule has 0 spiro atoms. The summed E-state index contributed by atoms with van der Waals surface area (Å²) >= 11 is 0. The van der Waals surface area contributed by atoms with E-state index in [0.29, 0.717) is 17.9 Å². The van der Waals surface area contributed by atoms with Crippen molar-refractivity contribution in [3.05, 3.63) is 29.8 Å². The lowest BCUT2D eigenvalue weighted by molar-refractivity contribution is -0.125. The van der Waals surface area contributed by atoms with E-state index >= 15 is 0 Å². The maximum atomic E-state index is 11.8. The van der Waals surface area contributed by atoms with Crippen molar-refractivity contribution in [2.45, 2.75) is 26.8 Å². The van der Waals surface area contributed by atoms with Crippen LogP contribution in [0.1, 0.15) is 31.1 Å². The second-order valence-corrected chi connectivity index (χ2v) is 5.33. The van der Waals surface area contributed by atoms with Gasteiger partial charge in [0.1, 0.15) is 0 Å². The van der Waals surface area contributed by atoms with Crippen molar-refractivity contribution in [1.29, 1.82) is 0 Å². The van der Waals surface area contributed by atoms with Crippen molar-refractivity contribution >= 4 is 35.9 Å². The monoisotopic (exact) mass is 357 g/mol. The largest absolute Gasteiger partial charge is 0.462 e. The smallest absolute Gasteiger partial charge is 0.338 e. The van der Waals surface area contributed by atoms with E-state index in [0.717, 1.165) is 0 Å². The van der Waals surface area contributed by atoms with Gasteiger partial charge >= 0.3 is 5.97 Å². The minimum atomic E-state index is -0.647. The van der Waals surface area contributed by atoms with E-state index in [2.05, 4.69) is 10.6 Å². The number of hydrogen-bond acceptors (Lipinski definition) is 5. The Hall–Kier alpha value is -2.12. The summed E-state index contributed by atoms with van der Waals surface area (Å²) in [6.07, 6.45) is 0. The van der Waals surface area contributed by atoms with Crippen LogP contribution >= 0.6 is 12.4 Å². The van der Waals surface area contributed by atoms with Gasteiger partial charge in [-0.15, -0.1) is 12.4 Å². The normalized spacial score (nSPS) is 11.2. The fourth-order valence-corrected chi connectivity index (χ4v) is 1.70. The molecule has 2 amide bonds. The topological polar surface area (TPSA) is 111 Å². The van der Waals surface area contributed by atoms with E-state index in [4.69, 9.17) is 10.5 Å². The first-order chi connectivity index (χ1) is 10.8. The highest BCUT2D eigenvalue weighted by Gasteiger charge is 2.17. The second-order valence-electron chi connectivity index (χ2n) is 5.33. The Labute approximate surface area is 147 Å². The Morgan fingerprint density at radius 2 is 1.75 bits per heavy atom. The Balaban J connectivity index is 0.00000529. The molecule has 1 rings (SSSR count). The lowest BCUT2D eigenvalue weighted by Gasteiger charge is -2.15. The summed E-state index contributed by atoms with van der Waals surface area (Å²) in [7, 11) is 0. The number of halogens is 1. The zero-order valence-electron chi connectivity index (χ0n) is 14.0. The molecule has 1 aromatic rings. The van der Waals surface area contributed by atoms with Gasteiger partial charge < -0.3 is 21.1 Å². The summed E-state index contributed by atoms with van der Waals surface area (Å²) in [5.74, 6) is -1.17. The van der Waals surface area contributed by atoms with E-state index in [1.807, 2.05) is 13.8 Å². The maximum absolute atomic E-state index is 11.8. The fraction of sp³-hybridized carbons (Fsp3) is 0.438. The van der Waals surface area contributed by atoms with Crippen molar-refractivity contribution in [2.24, 2.45) is 11.7 Å². The third-order valence-corrected chi connectivity index (χ3v) is 3.12. The summed E-state index contributed by atoms with van der Waals surface area (Å²) in [5.41, 5.74) is 6.60. The summed E-state index contributed by atoms with van der Waals surface area (Å²) < 4.78 is 4.87. The van der Waals surface area contributed by atoms with Crippen molar-refractivity contribution in [3.63, 3.8) is 0 Å². The van der Waals surface area contributed by atoms with Crippen LogP contribution in [0.3, 0.4) is 0 Å². The van der Waals surface area contributed by atoms with Crippen LogP contribution in [0.5, 0.6) is 0 Å². The lowest BCUT2D eigenvalue weighted by atomic mass is 10.1. The highest BCUT2D eigenvalue weighted by atomic mass is 35.5. The lowest BCUT2D eigenvalue weighted by Crippen LogP contribution is -2.46. The SMILES string of the molecule is CCOC(=O)c1ccc(NC(=O)CNC(=O)[C@@H](N)C(C)C)cc1.Cl. The van der Waals surface area contributed by atoms with Gasteiger partial charge in [0.15, 0.2) is 0 Å². The summed E-state index contributed by atoms with van der Waals surface area (Å²) in [5, 5.41) is 5.10. The van der Waals surface area contributed by atoms with Crippen LogP contribution in [-0.2, 0) is 14.3 Å². The molecule has 0 saturated heterocycles. The molecule has 0 aromatic heterocycles. The van der Waals surface area contributed by atoms with Gasteiger partial charge in [0.2, 0.25) is 11.8 Å². The van der Waals surface area contributed by atoms with Crippen LogP contribution < -0.4 is 16.4 Å². The third kappa shape index (κ3) is 6.97. The van der Waals surface area contributed by atoms with Gasteiger partial charge in [-0.1, -0.05) is 13.8 Å². The number of amides is 2. The molecule has 4 N–H and O–H groups in total. The van der Waals surface area contributed by atoms with E-state index in [1.54, 1.807) is 31.2 Å². The summed E-state index contributed by atoms with van der Waals surface area (Å²) in [6.45, 7) is 5.52. The first-order valence-electron chi connectivity index (χ1n) is 7.45. The van der Waals surface area contributed by atoms with Gasteiger partial charge in [-0.3, -0.25) is 9.59 Å². The van der Waals surface area contributed by atoms with E-state index in [1.165, 1.54) is 0 Å². The van der Waals surface area contributed by atoms with Gasteiger partial charge in [-0.2, -0.15) is 0 Å². The zero-order chi connectivity index (χ0) is 17.4. The number of carbonyl (C=O) groups is 3. The van der Waals surface area contributed by atoms with Gasteiger partial charge in [0, 0.05) is 5.69 Å². The van der Waals surface area contributed by atoms with E-state index < -0.39 is 12.0 Å². The fourth-order valence-electron chi connectivity index (χ4n) is 1.70. The molecular weight excluding hydrogens is 334 g/mol. The van der Waals surface area contributed by atoms with Gasteiger partial charge in [-0.05, 0) is 37.1 Å². The van der Waals surface area contributed by atoms with E-state index in [9.17, 15) is 14.4 Å². The molecule has 0 aliphatic carbocycles. The standard InChI is InChI=1S/C16H23N3O4.ClH/c1-4-23-16(22)11-5-7-12(8-6-11)19-13(20)9-18-15(21)14(17)10(2)3;/h5-8,10,14H,4,9,17H2,1-3H3,(H,18,21)(H,19,20);1H/t14-;/m0./s1. The minimum Gasteiger partial charge on any atom is -0.462 e. The number of carbonyl (C=O) groups excluding carboxylic acids is 3. The minimum absolute atomic E-state index is 0. The molecule has 0 fully saturated rings. The van der Waals surface area contributed by atoms with Gasteiger partial charge in [0.05, 0.1) is 24.8 Å². The number of ether oxygens (including phenoxy) is 1. The van der Waals surface area contributed by atoms with Crippen molar-refractivity contribution in [1.82, 2.24) is 5.32 Å². The Kier molecular flexibility index (Phi) is 9.68. The highest BCUT2D eigenvalue weighted by molar-refractivity contribution is 5.96. The van der Waals surface area contributed by atoms with Crippen molar-refractivity contribution in [3.8, 4) is 0 Å². The quantitative estimate of drug-likeness (QED) is 0.637. The first kappa shape index (κ1) is 21.9. The predicted octanol–water partition coefficient (Wildman–Crippen LogP) is 1.32. The molecule has 24 heavy (non-hydrogen) atoms. The Bertz CT molecular complexity index is 561. The number of esters is 1. The highest BCUT2D eigenvalue weighted by Crippen LogP contribution is 2.10.